The van der Waals surface area contributed by atoms with Gasteiger partial charge in [-0.2, -0.15) is 0 Å². The third-order valence-corrected chi connectivity index (χ3v) is 4.47. The molecule has 0 bridgehead atoms. The summed E-state index contributed by atoms with van der Waals surface area (Å²) in [5, 5.41) is 5.26. The van der Waals surface area contributed by atoms with Gasteiger partial charge in [0.2, 0.25) is 5.91 Å². The van der Waals surface area contributed by atoms with Crippen molar-refractivity contribution in [3.8, 4) is 5.75 Å². The van der Waals surface area contributed by atoms with E-state index in [1.165, 1.54) is 4.90 Å². The molecule has 8 nitrogen and oxygen atoms in total. The molecule has 2 N–H and O–H groups in total. The smallest absolute Gasteiger partial charge is 0.407 e. The minimum atomic E-state index is -0.644. The van der Waals surface area contributed by atoms with E-state index in [2.05, 4.69) is 10.6 Å². The molecule has 1 aromatic carbocycles. The maximum Gasteiger partial charge on any atom is 0.407 e. The lowest BCUT2D eigenvalue weighted by Crippen LogP contribution is -2.45. The highest BCUT2D eigenvalue weighted by Gasteiger charge is 2.26. The molecule has 0 aliphatic carbocycles. The first-order valence-electron chi connectivity index (χ1n) is 10.6. The summed E-state index contributed by atoms with van der Waals surface area (Å²) in [7, 11) is 0. The second-order valence-corrected chi connectivity index (χ2v) is 8.93. The van der Waals surface area contributed by atoms with Gasteiger partial charge in [0, 0.05) is 30.3 Å². The Hall–Kier alpha value is -3.10. The van der Waals surface area contributed by atoms with Crippen LogP contribution in [0.5, 0.6) is 5.75 Å². The molecule has 0 fully saturated rings. The fourth-order valence-electron chi connectivity index (χ4n) is 3.09. The van der Waals surface area contributed by atoms with Crippen molar-refractivity contribution in [2.75, 3.05) is 26.2 Å². The van der Waals surface area contributed by atoms with E-state index in [0.717, 1.165) is 5.56 Å². The summed E-state index contributed by atoms with van der Waals surface area (Å²) in [5.41, 5.74) is 0.917. The third kappa shape index (κ3) is 7.86. The molecule has 32 heavy (non-hydrogen) atoms. The Bertz CT molecular complexity index is 877. The summed E-state index contributed by atoms with van der Waals surface area (Å²) in [6.07, 6.45) is 0.328. The van der Waals surface area contributed by atoms with Crippen LogP contribution in [0, 0.1) is 0 Å². The van der Waals surface area contributed by atoms with Crippen LogP contribution in [0.1, 0.15) is 50.5 Å². The molecule has 0 spiro atoms. The predicted octanol–water partition coefficient (Wildman–Crippen LogP) is 2.97. The van der Waals surface area contributed by atoms with Crippen molar-refractivity contribution in [3.05, 3.63) is 41.2 Å². The average molecular weight is 450 g/mol. The number of carbonyl (C=O) groups is 3. The fourth-order valence-corrected chi connectivity index (χ4v) is 3.09. The fraction of sp³-hybridized carbons (Fsp3) is 0.522. The molecular formula is C23H32FN3O5. The highest BCUT2D eigenvalue weighted by atomic mass is 19.1. The van der Waals surface area contributed by atoms with Crippen LogP contribution in [0.3, 0.4) is 0 Å². The van der Waals surface area contributed by atoms with Gasteiger partial charge in [-0.25, -0.2) is 9.18 Å². The van der Waals surface area contributed by atoms with E-state index in [0.29, 0.717) is 30.6 Å². The van der Waals surface area contributed by atoms with E-state index in [1.807, 2.05) is 13.8 Å². The molecule has 0 saturated heterocycles. The van der Waals surface area contributed by atoms with Gasteiger partial charge in [0.25, 0.3) is 5.91 Å². The largest absolute Gasteiger partial charge is 0.489 e. The third-order valence-electron chi connectivity index (χ3n) is 4.47. The number of hydrogen-bond donors (Lipinski definition) is 2. The maximum absolute atomic E-state index is 13.2. The molecule has 1 aliphatic rings. The molecule has 2 rings (SSSR count). The van der Waals surface area contributed by atoms with E-state index < -0.39 is 11.7 Å². The molecule has 1 aromatic rings. The van der Waals surface area contributed by atoms with Crippen LogP contribution in [-0.4, -0.2) is 60.7 Å². The number of benzene rings is 1. The summed E-state index contributed by atoms with van der Waals surface area (Å²) in [4.78, 5) is 37.9. The predicted molar refractivity (Wildman–Crippen MR) is 118 cm³/mol. The van der Waals surface area contributed by atoms with Gasteiger partial charge < -0.3 is 25.0 Å². The Morgan fingerprint density at radius 1 is 1.28 bits per heavy atom. The van der Waals surface area contributed by atoms with Crippen LogP contribution >= 0.6 is 0 Å². The lowest BCUT2D eigenvalue weighted by molar-refractivity contribution is -0.122. The topological polar surface area (TPSA) is 97.0 Å². The highest BCUT2D eigenvalue weighted by molar-refractivity contribution is 5.98. The van der Waals surface area contributed by atoms with E-state index in [9.17, 15) is 18.8 Å². The average Bonchev–Trinajstić information content (AvgIpc) is 2.68. The van der Waals surface area contributed by atoms with Gasteiger partial charge >= 0.3 is 6.09 Å². The zero-order chi connectivity index (χ0) is 23.9. The molecule has 9 heteroatoms. The second kappa shape index (κ2) is 11.0. The molecule has 0 atom stereocenters. The number of nitrogens with zero attached hydrogens (tertiary/aromatic N) is 1. The van der Waals surface area contributed by atoms with Crippen molar-refractivity contribution in [1.82, 2.24) is 15.5 Å². The molecule has 176 valence electrons. The molecule has 0 radical (unpaired) electrons. The van der Waals surface area contributed by atoms with E-state index in [-0.39, 0.29) is 43.1 Å². The highest BCUT2D eigenvalue weighted by Crippen LogP contribution is 2.24. The standard InChI is InChI=1S/C23H32FN3O5/c1-15(2)26-20(28)13-27-9-8-17-10-18(6-7-19(17)21(27)29)31-14-16(11-24)12-25-22(30)32-23(3,4)5/h6-7,10-11,15H,8-9,12-14H2,1-5H3,(H,25,30)(H,26,28)/b16-11+. The Balaban J connectivity index is 1.91. The molecule has 0 saturated carbocycles. The number of nitrogens with one attached hydrogen (secondary N) is 2. The zero-order valence-corrected chi connectivity index (χ0v) is 19.3. The minimum Gasteiger partial charge on any atom is -0.489 e. The molecule has 0 unspecified atom stereocenters. The van der Waals surface area contributed by atoms with Crippen molar-refractivity contribution in [1.29, 1.82) is 0 Å². The van der Waals surface area contributed by atoms with Crippen molar-refractivity contribution >= 4 is 17.9 Å². The Labute approximate surface area is 188 Å². The van der Waals surface area contributed by atoms with Gasteiger partial charge in [0.05, 0.1) is 12.9 Å². The van der Waals surface area contributed by atoms with Gasteiger partial charge in [-0.15, -0.1) is 0 Å². The first kappa shape index (κ1) is 25.2. The van der Waals surface area contributed by atoms with Crippen LogP contribution in [-0.2, 0) is 16.0 Å². The summed E-state index contributed by atoms with van der Waals surface area (Å²) < 4.78 is 23.9. The zero-order valence-electron chi connectivity index (χ0n) is 19.3. The number of halogens is 1. The number of alkyl carbamates (subject to hydrolysis) is 1. The van der Waals surface area contributed by atoms with Crippen LogP contribution < -0.4 is 15.4 Å². The minimum absolute atomic E-state index is 0.0111. The summed E-state index contributed by atoms with van der Waals surface area (Å²) >= 11 is 0. The summed E-state index contributed by atoms with van der Waals surface area (Å²) in [6.45, 7) is 9.27. The van der Waals surface area contributed by atoms with Crippen molar-refractivity contribution < 1.29 is 28.2 Å². The number of amides is 3. The van der Waals surface area contributed by atoms with Gasteiger partial charge in [0.15, 0.2) is 0 Å². The van der Waals surface area contributed by atoms with Crippen LogP contribution in [0.4, 0.5) is 9.18 Å². The normalized spacial score (nSPS) is 14.2. The van der Waals surface area contributed by atoms with Gasteiger partial charge in [0.1, 0.15) is 18.0 Å². The number of fused-ring (bicyclic) bond motifs is 1. The summed E-state index contributed by atoms with van der Waals surface area (Å²) in [5.74, 6) is 0.0871. The molecular weight excluding hydrogens is 417 g/mol. The summed E-state index contributed by atoms with van der Waals surface area (Å²) in [6, 6.07) is 5.04. The molecule has 3 amide bonds. The SMILES string of the molecule is CC(C)NC(=O)CN1CCc2cc(OC/C(=C/F)CNC(=O)OC(C)(C)C)ccc2C1=O. The first-order valence-corrected chi connectivity index (χ1v) is 10.6. The Morgan fingerprint density at radius 3 is 2.62 bits per heavy atom. The molecule has 1 heterocycles. The van der Waals surface area contributed by atoms with Gasteiger partial charge in [-0.3, -0.25) is 9.59 Å². The Morgan fingerprint density at radius 2 is 2.00 bits per heavy atom. The van der Waals surface area contributed by atoms with Crippen molar-refractivity contribution in [2.24, 2.45) is 0 Å². The number of ether oxygens (including phenoxy) is 2. The van der Waals surface area contributed by atoms with Gasteiger partial charge in [-0.1, -0.05) is 0 Å². The van der Waals surface area contributed by atoms with E-state index in [1.54, 1.807) is 39.0 Å². The van der Waals surface area contributed by atoms with Gasteiger partial charge in [-0.05, 0) is 64.8 Å². The van der Waals surface area contributed by atoms with Crippen LogP contribution in [0.25, 0.3) is 0 Å². The monoisotopic (exact) mass is 449 g/mol. The Kier molecular flexibility index (Phi) is 8.63. The molecule has 1 aliphatic heterocycles. The van der Waals surface area contributed by atoms with E-state index in [4.69, 9.17) is 9.47 Å². The molecule has 0 aromatic heterocycles. The maximum atomic E-state index is 13.2. The van der Waals surface area contributed by atoms with Crippen LogP contribution in [0.2, 0.25) is 0 Å². The lowest BCUT2D eigenvalue weighted by Gasteiger charge is -2.28. The first-order chi connectivity index (χ1) is 15.0. The van der Waals surface area contributed by atoms with E-state index >= 15 is 0 Å². The number of carbonyl (C=O) groups excluding carboxylic acids is 3. The van der Waals surface area contributed by atoms with Crippen LogP contribution in [0.15, 0.2) is 30.1 Å². The quantitative estimate of drug-likeness (QED) is 0.636. The second-order valence-electron chi connectivity index (χ2n) is 8.93. The van der Waals surface area contributed by atoms with Crippen molar-refractivity contribution in [2.45, 2.75) is 52.7 Å². The van der Waals surface area contributed by atoms with Crippen molar-refractivity contribution in [3.63, 3.8) is 0 Å². The number of hydrogen-bond acceptors (Lipinski definition) is 5. The lowest BCUT2D eigenvalue weighted by atomic mass is 9.98. The number of rotatable bonds is 8.